The molecule has 11 nitrogen and oxygen atoms in total. The fourth-order valence-electron chi connectivity index (χ4n) is 5.59. The smallest absolute Gasteiger partial charge is 0.462 e. The van der Waals surface area contributed by atoms with Crippen LogP contribution in [0.25, 0.3) is 0 Å². The van der Waals surface area contributed by atoms with Crippen molar-refractivity contribution in [3.05, 3.63) is 48.6 Å². The van der Waals surface area contributed by atoms with Gasteiger partial charge in [0, 0.05) is 24.8 Å². The zero-order chi connectivity index (χ0) is 32.6. The SMILES string of the molecule is CCCCCCC(=O)O[C@H]1CCC[C@H](/C=C\C=C/[C@H](O)C[C@H](OP(=O)(O)O)[C@@](O)(/C=C/[C@H]2OC(=O)C=C[C@@H]2CC)CCN)C1. The molecule has 0 unspecified atom stereocenters. The predicted octanol–water partition coefficient (Wildman–Crippen LogP) is 4.54. The molecule has 6 N–H and O–H groups in total. The molecule has 0 spiro atoms. The molecule has 44 heavy (non-hydrogen) atoms. The van der Waals surface area contributed by atoms with Gasteiger partial charge in [0.15, 0.2) is 0 Å². The van der Waals surface area contributed by atoms with Crippen molar-refractivity contribution in [2.24, 2.45) is 17.6 Å². The second-order valence-corrected chi connectivity index (χ2v) is 12.9. The fraction of sp³-hybridized carbons (Fsp3) is 0.688. The van der Waals surface area contributed by atoms with Crippen molar-refractivity contribution in [1.29, 1.82) is 0 Å². The molecule has 0 aromatic heterocycles. The molecule has 0 bridgehead atoms. The minimum absolute atomic E-state index is 0.0470. The van der Waals surface area contributed by atoms with Gasteiger partial charge in [-0.2, -0.15) is 0 Å². The minimum Gasteiger partial charge on any atom is -0.462 e. The standard InChI is InChI=1S/C32H52NO10P/c1-3-5-6-7-15-30(35)41-27-14-10-12-24(22-27)11-8-9-13-26(34)23-29(43-44(38,39)40)32(37,20-21-33)19-18-28-25(4-2)16-17-31(36)42-28/h8-9,11,13,16-19,24-29,34,37H,3-7,10,12,14-15,20-23,33H2,1-2H3,(H2,38,39,40)/b11-8-,13-9-,19-18+/t24-,25-,26-,27-,28+,29-,32+/m0/s1. The fourth-order valence-corrected chi connectivity index (χ4v) is 6.19. The van der Waals surface area contributed by atoms with Gasteiger partial charge in [0.2, 0.25) is 0 Å². The van der Waals surface area contributed by atoms with Crippen LogP contribution < -0.4 is 5.73 Å². The summed E-state index contributed by atoms with van der Waals surface area (Å²) in [5.41, 5.74) is 3.74. The van der Waals surface area contributed by atoms with Crippen molar-refractivity contribution in [3.8, 4) is 0 Å². The highest BCUT2D eigenvalue weighted by molar-refractivity contribution is 7.46. The van der Waals surface area contributed by atoms with E-state index in [-0.39, 0.29) is 43.3 Å². The maximum atomic E-state index is 12.2. The summed E-state index contributed by atoms with van der Waals surface area (Å²) < 4.78 is 27.8. The van der Waals surface area contributed by atoms with Gasteiger partial charge in [-0.25, -0.2) is 9.36 Å². The first-order chi connectivity index (χ1) is 20.9. The van der Waals surface area contributed by atoms with E-state index in [0.717, 1.165) is 51.4 Å². The first kappa shape index (κ1) is 38.1. The summed E-state index contributed by atoms with van der Waals surface area (Å²) in [5, 5.41) is 22.2. The van der Waals surface area contributed by atoms with Gasteiger partial charge >= 0.3 is 19.8 Å². The Hall–Kier alpha value is -2.11. The first-order valence-electron chi connectivity index (χ1n) is 15.9. The Bertz CT molecular complexity index is 1050. The van der Waals surface area contributed by atoms with E-state index in [9.17, 15) is 34.2 Å². The van der Waals surface area contributed by atoms with Crippen LogP contribution in [0, 0.1) is 11.8 Å². The lowest BCUT2D eigenvalue weighted by molar-refractivity contribution is -0.151. The highest BCUT2D eigenvalue weighted by atomic mass is 31.2. The lowest BCUT2D eigenvalue weighted by Crippen LogP contribution is -2.45. The number of cyclic esters (lactones) is 1. The molecule has 0 radical (unpaired) electrons. The van der Waals surface area contributed by atoms with Gasteiger partial charge in [-0.15, -0.1) is 0 Å². The van der Waals surface area contributed by atoms with Crippen LogP contribution in [0.5, 0.6) is 0 Å². The molecule has 2 aliphatic rings. The molecule has 1 aliphatic heterocycles. The number of hydrogen-bond donors (Lipinski definition) is 5. The van der Waals surface area contributed by atoms with E-state index < -0.39 is 37.7 Å². The highest BCUT2D eigenvalue weighted by Gasteiger charge is 2.40. The Kier molecular flexibility index (Phi) is 16.8. The van der Waals surface area contributed by atoms with Crippen molar-refractivity contribution < 1.29 is 48.2 Å². The summed E-state index contributed by atoms with van der Waals surface area (Å²) in [4.78, 5) is 43.1. The topological polar surface area (TPSA) is 186 Å². The zero-order valence-corrected chi connectivity index (χ0v) is 26.9. The van der Waals surface area contributed by atoms with E-state index in [2.05, 4.69) is 6.92 Å². The van der Waals surface area contributed by atoms with Gasteiger partial charge in [-0.1, -0.05) is 69.6 Å². The summed E-state index contributed by atoms with van der Waals surface area (Å²) in [6.45, 7) is 3.99. The molecule has 0 amide bonds. The van der Waals surface area contributed by atoms with Crippen LogP contribution in [0.3, 0.4) is 0 Å². The summed E-state index contributed by atoms with van der Waals surface area (Å²) in [6.07, 6.45) is 17.3. The molecule has 1 aliphatic carbocycles. The van der Waals surface area contributed by atoms with E-state index in [1.54, 1.807) is 18.2 Å². The molecular formula is C32H52NO10P. The number of phosphoric acid groups is 1. The van der Waals surface area contributed by atoms with E-state index >= 15 is 0 Å². The van der Waals surface area contributed by atoms with Gasteiger partial charge in [0.1, 0.15) is 23.9 Å². The number of ether oxygens (including phenoxy) is 2. The third kappa shape index (κ3) is 14.3. The summed E-state index contributed by atoms with van der Waals surface area (Å²) >= 11 is 0. The Morgan fingerprint density at radius 3 is 2.66 bits per heavy atom. The quantitative estimate of drug-likeness (QED) is 0.0438. The van der Waals surface area contributed by atoms with E-state index in [0.29, 0.717) is 12.8 Å². The number of carbonyl (C=O) groups is 2. The summed E-state index contributed by atoms with van der Waals surface area (Å²) in [5.74, 6) is -0.609. The van der Waals surface area contributed by atoms with Crippen LogP contribution in [0.2, 0.25) is 0 Å². The summed E-state index contributed by atoms with van der Waals surface area (Å²) in [7, 11) is -5.07. The van der Waals surface area contributed by atoms with Gasteiger partial charge in [-0.05, 0) is 63.5 Å². The Morgan fingerprint density at radius 2 is 1.98 bits per heavy atom. The maximum Gasteiger partial charge on any atom is 0.469 e. The molecular weight excluding hydrogens is 589 g/mol. The Labute approximate surface area is 261 Å². The number of nitrogens with two attached hydrogens (primary N) is 1. The lowest BCUT2D eigenvalue weighted by atomic mass is 9.86. The third-order valence-corrected chi connectivity index (χ3v) is 8.58. The van der Waals surface area contributed by atoms with Crippen LogP contribution in [-0.4, -0.2) is 68.5 Å². The average molecular weight is 642 g/mol. The van der Waals surface area contributed by atoms with Gasteiger partial charge in [0.25, 0.3) is 0 Å². The average Bonchev–Trinajstić information content (AvgIpc) is 2.96. The number of allylic oxidation sites excluding steroid dienone is 3. The maximum absolute atomic E-state index is 12.2. The zero-order valence-electron chi connectivity index (χ0n) is 26.0. The predicted molar refractivity (Wildman–Crippen MR) is 167 cm³/mol. The largest absolute Gasteiger partial charge is 0.469 e. The van der Waals surface area contributed by atoms with Crippen LogP contribution in [0.4, 0.5) is 0 Å². The molecule has 12 heteroatoms. The number of hydrogen-bond acceptors (Lipinski definition) is 9. The number of aliphatic hydroxyl groups excluding tert-OH is 1. The molecule has 250 valence electrons. The van der Waals surface area contributed by atoms with E-state index in [1.807, 2.05) is 13.0 Å². The number of carbonyl (C=O) groups excluding carboxylic acids is 2. The van der Waals surface area contributed by atoms with Crippen molar-refractivity contribution in [2.75, 3.05) is 6.54 Å². The number of rotatable bonds is 19. The number of aliphatic hydroxyl groups is 2. The van der Waals surface area contributed by atoms with E-state index in [1.165, 1.54) is 24.3 Å². The van der Waals surface area contributed by atoms with Crippen molar-refractivity contribution >= 4 is 19.8 Å². The normalized spacial score (nSPS) is 25.8. The molecule has 0 saturated heterocycles. The Balaban J connectivity index is 2.02. The lowest BCUT2D eigenvalue weighted by Gasteiger charge is -2.35. The molecule has 2 rings (SSSR count). The van der Waals surface area contributed by atoms with Gasteiger partial charge in [-0.3, -0.25) is 9.32 Å². The molecule has 1 saturated carbocycles. The van der Waals surface area contributed by atoms with Gasteiger partial charge < -0.3 is 35.2 Å². The van der Waals surface area contributed by atoms with Crippen molar-refractivity contribution in [1.82, 2.24) is 0 Å². The molecule has 7 atom stereocenters. The first-order valence-corrected chi connectivity index (χ1v) is 17.4. The van der Waals surface area contributed by atoms with Crippen molar-refractivity contribution in [3.63, 3.8) is 0 Å². The van der Waals surface area contributed by atoms with Gasteiger partial charge in [0.05, 0.1) is 6.10 Å². The van der Waals surface area contributed by atoms with Crippen LogP contribution in [0.1, 0.15) is 90.9 Å². The molecule has 1 fully saturated rings. The second-order valence-electron chi connectivity index (χ2n) is 11.7. The third-order valence-electron chi connectivity index (χ3n) is 8.05. The van der Waals surface area contributed by atoms with Crippen molar-refractivity contribution in [2.45, 2.75) is 121 Å². The van der Waals surface area contributed by atoms with E-state index in [4.69, 9.17) is 19.7 Å². The number of phosphoric ester groups is 1. The van der Waals surface area contributed by atoms with Crippen LogP contribution in [0.15, 0.2) is 48.6 Å². The Morgan fingerprint density at radius 1 is 1.20 bits per heavy atom. The molecule has 1 heterocycles. The monoisotopic (exact) mass is 641 g/mol. The molecule has 0 aromatic rings. The molecule has 0 aromatic carbocycles. The number of esters is 2. The van der Waals surface area contributed by atoms with Crippen LogP contribution in [-0.2, 0) is 28.2 Å². The minimum atomic E-state index is -5.07. The highest BCUT2D eigenvalue weighted by Crippen LogP contribution is 2.42. The number of unbranched alkanes of at least 4 members (excludes halogenated alkanes) is 3. The second kappa shape index (κ2) is 19.4. The summed E-state index contributed by atoms with van der Waals surface area (Å²) in [6, 6.07) is 0. The van der Waals surface area contributed by atoms with Crippen LogP contribution >= 0.6 is 7.82 Å².